The molecule has 0 bridgehead atoms. The number of hydrogen-bond donors (Lipinski definition) is 1. The number of carbonyl (C=O) groups is 2. The molecule has 1 aliphatic carbocycles. The van der Waals surface area contributed by atoms with Crippen molar-refractivity contribution in [2.24, 2.45) is 0 Å². The van der Waals surface area contributed by atoms with E-state index in [0.29, 0.717) is 23.9 Å². The number of aromatic hydroxyl groups is 1. The minimum absolute atomic E-state index is 0.0548. The molecule has 1 saturated carbocycles. The van der Waals surface area contributed by atoms with Gasteiger partial charge in [-0.25, -0.2) is 8.78 Å². The van der Waals surface area contributed by atoms with Crippen LogP contribution in [0.1, 0.15) is 25.8 Å². The maximum absolute atomic E-state index is 16.6. The van der Waals surface area contributed by atoms with E-state index in [0.717, 1.165) is 6.07 Å². The number of pyridine rings is 1. The van der Waals surface area contributed by atoms with E-state index in [2.05, 4.69) is 6.58 Å². The number of phenols is 1. The number of piperazine rings is 1. The average molecular weight is 555 g/mol. The number of carbonyl (C=O) groups excluding carboxylic acids is 2. The first-order chi connectivity index (χ1) is 18.6. The molecule has 2 amide bonds. The SMILES string of the molecule is C=CC(=O)N1C[C@@H]2C(=O)N(C)c3c(c4cc(Cl)c(-c5c(O)cccc5F)c(F)c4n(C4CC4)c3=O)N2C[C@H]1C. The lowest BCUT2D eigenvalue weighted by molar-refractivity contribution is -0.130. The summed E-state index contributed by atoms with van der Waals surface area (Å²) >= 11 is 6.60. The second kappa shape index (κ2) is 8.81. The number of aromatic nitrogens is 1. The van der Waals surface area contributed by atoms with E-state index in [1.807, 2.05) is 6.92 Å². The first kappa shape index (κ1) is 25.4. The van der Waals surface area contributed by atoms with Gasteiger partial charge >= 0.3 is 0 Å². The lowest BCUT2D eigenvalue weighted by Crippen LogP contribution is -2.66. The first-order valence-electron chi connectivity index (χ1n) is 12.6. The predicted octanol–water partition coefficient (Wildman–Crippen LogP) is 4.21. The summed E-state index contributed by atoms with van der Waals surface area (Å²) < 4.78 is 32.8. The Hall–Kier alpha value is -3.92. The third kappa shape index (κ3) is 3.57. The van der Waals surface area contributed by atoms with Gasteiger partial charge in [-0.05, 0) is 44.0 Å². The van der Waals surface area contributed by atoms with Crippen molar-refractivity contribution in [3.63, 3.8) is 0 Å². The summed E-state index contributed by atoms with van der Waals surface area (Å²) in [5.41, 5.74) is -0.923. The molecule has 2 aromatic carbocycles. The average Bonchev–Trinajstić information content (AvgIpc) is 3.73. The maximum atomic E-state index is 16.6. The number of nitrogens with zero attached hydrogens (tertiary/aromatic N) is 4. The van der Waals surface area contributed by atoms with Gasteiger partial charge in [-0.1, -0.05) is 24.2 Å². The molecule has 0 unspecified atom stereocenters. The first-order valence-corrected chi connectivity index (χ1v) is 13.0. The van der Waals surface area contributed by atoms with Gasteiger partial charge in [-0.2, -0.15) is 0 Å². The Morgan fingerprint density at radius 2 is 1.87 bits per heavy atom. The van der Waals surface area contributed by atoms with E-state index in [9.17, 15) is 23.9 Å². The number of likely N-dealkylation sites (N-methyl/N-ethyl adjacent to an activating group) is 1. The summed E-state index contributed by atoms with van der Waals surface area (Å²) in [7, 11) is 1.49. The van der Waals surface area contributed by atoms with Crippen LogP contribution in [0.4, 0.5) is 20.2 Å². The summed E-state index contributed by atoms with van der Waals surface area (Å²) in [5, 5.41) is 10.5. The molecule has 202 valence electrons. The zero-order valence-electron chi connectivity index (χ0n) is 21.2. The van der Waals surface area contributed by atoms with Gasteiger partial charge in [0.2, 0.25) is 5.91 Å². The van der Waals surface area contributed by atoms with Gasteiger partial charge in [-0.15, -0.1) is 0 Å². The van der Waals surface area contributed by atoms with Crippen molar-refractivity contribution in [3.05, 3.63) is 63.9 Å². The standard InChI is InChI=1S/C28H25ClF2N4O4/c1-4-20(37)33-12-18-27(38)32(3)26-25(34(18)11-13(33)2)15-10-16(29)21(22-17(30)6-5-7-19(22)36)23(31)24(15)35(28(26)39)14-8-9-14/h4-7,10,13-14,18,36H,1,8-9,11-12H2,2-3H3/t13-,18-/m1/s1. The molecule has 3 aromatic rings. The molecule has 1 aromatic heterocycles. The fourth-order valence-corrected chi connectivity index (χ4v) is 6.21. The van der Waals surface area contributed by atoms with Crippen molar-refractivity contribution in [1.29, 1.82) is 0 Å². The molecule has 6 rings (SSSR count). The highest BCUT2D eigenvalue weighted by Gasteiger charge is 2.46. The lowest BCUT2D eigenvalue weighted by atomic mass is 9.95. The second-order valence-corrected chi connectivity index (χ2v) is 10.7. The van der Waals surface area contributed by atoms with Gasteiger partial charge < -0.3 is 24.4 Å². The number of amides is 2. The number of rotatable bonds is 3. The number of fused-ring (bicyclic) bond motifs is 5. The quantitative estimate of drug-likeness (QED) is 0.490. The van der Waals surface area contributed by atoms with Crippen LogP contribution >= 0.6 is 11.6 Å². The van der Waals surface area contributed by atoms with Gasteiger partial charge in [0.1, 0.15) is 23.3 Å². The summed E-state index contributed by atoms with van der Waals surface area (Å²) in [4.78, 5) is 44.6. The zero-order valence-corrected chi connectivity index (χ0v) is 22.0. The van der Waals surface area contributed by atoms with Crippen LogP contribution in [0.2, 0.25) is 5.02 Å². The third-order valence-electron chi connectivity index (χ3n) is 7.92. The van der Waals surface area contributed by atoms with Crippen LogP contribution in [-0.4, -0.2) is 58.6 Å². The normalized spacial score (nSPS) is 20.7. The van der Waals surface area contributed by atoms with Crippen molar-refractivity contribution in [1.82, 2.24) is 9.47 Å². The molecule has 1 saturated heterocycles. The summed E-state index contributed by atoms with van der Waals surface area (Å²) in [6, 6.07) is 3.62. The van der Waals surface area contributed by atoms with E-state index >= 15 is 4.39 Å². The van der Waals surface area contributed by atoms with Gasteiger partial charge in [0.25, 0.3) is 11.5 Å². The molecule has 11 heteroatoms. The molecule has 2 atom stereocenters. The van der Waals surface area contributed by atoms with Crippen LogP contribution < -0.4 is 15.4 Å². The fraction of sp³-hybridized carbons (Fsp3) is 0.321. The molecular formula is C28H25ClF2N4O4. The van der Waals surface area contributed by atoms with Crippen molar-refractivity contribution in [2.75, 3.05) is 29.9 Å². The highest BCUT2D eigenvalue weighted by molar-refractivity contribution is 6.35. The molecule has 3 heterocycles. The van der Waals surface area contributed by atoms with Crippen molar-refractivity contribution >= 4 is 45.7 Å². The summed E-state index contributed by atoms with van der Waals surface area (Å²) in [6.07, 6.45) is 2.46. The summed E-state index contributed by atoms with van der Waals surface area (Å²) in [6.45, 7) is 5.63. The summed E-state index contributed by atoms with van der Waals surface area (Å²) in [5.74, 6) is -2.98. The predicted molar refractivity (Wildman–Crippen MR) is 144 cm³/mol. The smallest absolute Gasteiger partial charge is 0.277 e. The molecule has 1 N–H and O–H groups in total. The van der Waals surface area contributed by atoms with Crippen molar-refractivity contribution in [2.45, 2.75) is 37.9 Å². The minimum Gasteiger partial charge on any atom is -0.507 e. The molecule has 0 spiro atoms. The molecule has 8 nitrogen and oxygen atoms in total. The second-order valence-electron chi connectivity index (χ2n) is 10.3. The molecule has 2 fully saturated rings. The molecule has 0 radical (unpaired) electrons. The molecule has 39 heavy (non-hydrogen) atoms. The largest absolute Gasteiger partial charge is 0.507 e. The Labute approximate surface area is 227 Å². The Morgan fingerprint density at radius 1 is 1.15 bits per heavy atom. The monoisotopic (exact) mass is 554 g/mol. The van der Waals surface area contributed by atoms with Gasteiger partial charge in [0, 0.05) is 36.6 Å². The Balaban J connectivity index is 1.68. The molecule has 2 aliphatic heterocycles. The van der Waals surface area contributed by atoms with E-state index < -0.39 is 34.5 Å². The highest BCUT2D eigenvalue weighted by atomic mass is 35.5. The number of phenolic OH excluding ortho intramolecular Hbond substituents is 1. The topological polar surface area (TPSA) is 86.1 Å². The third-order valence-corrected chi connectivity index (χ3v) is 8.22. The van der Waals surface area contributed by atoms with Crippen molar-refractivity contribution in [3.8, 4) is 16.9 Å². The van der Waals surface area contributed by atoms with Crippen LogP contribution in [0, 0.1) is 11.6 Å². The van der Waals surface area contributed by atoms with E-state index in [-0.39, 0.29) is 58.8 Å². The zero-order chi connectivity index (χ0) is 27.9. The van der Waals surface area contributed by atoms with Gasteiger partial charge in [-0.3, -0.25) is 14.4 Å². The van der Waals surface area contributed by atoms with Gasteiger partial charge in [0.15, 0.2) is 5.82 Å². The fourth-order valence-electron chi connectivity index (χ4n) is 5.92. The van der Waals surface area contributed by atoms with E-state index in [1.165, 1.54) is 40.8 Å². The van der Waals surface area contributed by atoms with Crippen molar-refractivity contribution < 1.29 is 23.5 Å². The number of hydrogen-bond acceptors (Lipinski definition) is 5. The van der Waals surface area contributed by atoms with Crippen LogP contribution in [0.25, 0.3) is 22.0 Å². The van der Waals surface area contributed by atoms with Crippen LogP contribution in [0.3, 0.4) is 0 Å². The minimum atomic E-state index is -0.936. The molecule has 3 aliphatic rings. The van der Waals surface area contributed by atoms with E-state index in [1.54, 1.807) is 9.80 Å². The van der Waals surface area contributed by atoms with Crippen LogP contribution in [0.5, 0.6) is 5.75 Å². The Kier molecular flexibility index (Phi) is 5.73. The molecular weight excluding hydrogens is 530 g/mol. The maximum Gasteiger partial charge on any atom is 0.277 e. The van der Waals surface area contributed by atoms with Crippen LogP contribution in [-0.2, 0) is 9.59 Å². The number of anilines is 2. The Bertz CT molecular complexity index is 1650. The van der Waals surface area contributed by atoms with E-state index in [4.69, 9.17) is 11.6 Å². The Morgan fingerprint density at radius 3 is 2.51 bits per heavy atom. The number of halogens is 3. The van der Waals surface area contributed by atoms with Crippen LogP contribution in [0.15, 0.2) is 41.7 Å². The lowest BCUT2D eigenvalue weighted by Gasteiger charge is -2.50. The highest BCUT2D eigenvalue weighted by Crippen LogP contribution is 2.49. The number of benzene rings is 2. The van der Waals surface area contributed by atoms with Gasteiger partial charge in [0.05, 0.1) is 28.3 Å².